The summed E-state index contributed by atoms with van der Waals surface area (Å²) in [5.74, 6) is 0. The van der Waals surface area contributed by atoms with E-state index in [1.54, 1.807) is 6.92 Å². The van der Waals surface area contributed by atoms with Crippen LogP contribution >= 0.6 is 0 Å². The van der Waals surface area contributed by atoms with Crippen molar-refractivity contribution >= 4 is 0 Å². The second kappa shape index (κ2) is 3.40. The molecule has 0 aliphatic carbocycles. The Labute approximate surface area is 63.4 Å². The lowest BCUT2D eigenvalue weighted by Crippen LogP contribution is -2.57. The van der Waals surface area contributed by atoms with Gasteiger partial charge in [0.25, 0.3) is 0 Å². The van der Waals surface area contributed by atoms with Crippen LogP contribution < -0.4 is 5.32 Å². The fourth-order valence-electron chi connectivity index (χ4n) is 0.636. The van der Waals surface area contributed by atoms with Gasteiger partial charge in [0.2, 0.25) is 0 Å². The van der Waals surface area contributed by atoms with Crippen LogP contribution in [0.15, 0.2) is 0 Å². The van der Waals surface area contributed by atoms with Gasteiger partial charge in [-0.3, -0.25) is 0 Å². The largest absolute Gasteiger partial charge is 0.408 e. The molecule has 0 fully saturated rings. The lowest BCUT2D eigenvalue weighted by atomic mass is 10.0. The molecule has 2 nitrogen and oxygen atoms in total. The summed E-state index contributed by atoms with van der Waals surface area (Å²) in [6, 6.07) is 0. The zero-order valence-electron chi connectivity index (χ0n) is 6.50. The Morgan fingerprint density at radius 2 is 1.82 bits per heavy atom. The van der Waals surface area contributed by atoms with Gasteiger partial charge in [-0.25, -0.2) is 0 Å². The minimum atomic E-state index is -4.40. The summed E-state index contributed by atoms with van der Waals surface area (Å²) in [6.45, 7) is 1.72. The predicted molar refractivity (Wildman–Crippen MR) is 35.2 cm³/mol. The minimum absolute atomic E-state index is 0.177. The summed E-state index contributed by atoms with van der Waals surface area (Å²) in [6.07, 6.45) is -4.40. The first-order chi connectivity index (χ1) is 4.87. The van der Waals surface area contributed by atoms with Crippen molar-refractivity contribution in [3.05, 3.63) is 0 Å². The number of aliphatic hydroxyl groups is 1. The normalized spacial score (nSPS) is 18.0. The number of aliphatic hydroxyl groups excluding tert-OH is 1. The van der Waals surface area contributed by atoms with E-state index in [0.29, 0.717) is 0 Å². The van der Waals surface area contributed by atoms with Gasteiger partial charge in [-0.2, -0.15) is 13.2 Å². The van der Waals surface area contributed by atoms with Gasteiger partial charge >= 0.3 is 6.18 Å². The molecule has 11 heavy (non-hydrogen) atoms. The van der Waals surface area contributed by atoms with Crippen molar-refractivity contribution in [1.82, 2.24) is 5.32 Å². The van der Waals surface area contributed by atoms with E-state index in [1.165, 1.54) is 0 Å². The first kappa shape index (κ1) is 10.7. The molecule has 0 aromatic carbocycles. The first-order valence-corrected chi connectivity index (χ1v) is 3.30. The third-order valence-electron chi connectivity index (χ3n) is 1.51. The molecule has 0 rings (SSSR count). The Hall–Kier alpha value is -0.290. The number of alkyl halides is 3. The molecular formula is C6H12F3NO. The van der Waals surface area contributed by atoms with E-state index in [-0.39, 0.29) is 6.54 Å². The van der Waals surface area contributed by atoms with Crippen LogP contribution in [0.3, 0.4) is 0 Å². The molecule has 0 amide bonds. The summed E-state index contributed by atoms with van der Waals surface area (Å²) >= 11 is 0. The SMILES string of the molecule is CCNC(C)(CO)C(F)(F)F. The molecule has 1 unspecified atom stereocenters. The monoisotopic (exact) mass is 171 g/mol. The number of likely N-dealkylation sites (N-methyl/N-ethyl adjacent to an activating group) is 1. The smallest absolute Gasteiger partial charge is 0.394 e. The number of hydrogen-bond acceptors (Lipinski definition) is 2. The fourth-order valence-corrected chi connectivity index (χ4v) is 0.636. The summed E-state index contributed by atoms with van der Waals surface area (Å²) in [5, 5.41) is 10.6. The number of nitrogens with one attached hydrogen (secondary N) is 1. The Morgan fingerprint density at radius 3 is 1.91 bits per heavy atom. The summed E-state index contributed by atoms with van der Waals surface area (Å²) in [4.78, 5) is 0. The minimum Gasteiger partial charge on any atom is -0.394 e. The quantitative estimate of drug-likeness (QED) is 0.661. The second-order valence-electron chi connectivity index (χ2n) is 2.52. The molecule has 0 heterocycles. The van der Waals surface area contributed by atoms with Crippen molar-refractivity contribution in [3.8, 4) is 0 Å². The Kier molecular flexibility index (Phi) is 3.31. The molecule has 0 saturated carbocycles. The van der Waals surface area contributed by atoms with Crippen molar-refractivity contribution in [2.24, 2.45) is 0 Å². The summed E-state index contributed by atoms with van der Waals surface area (Å²) < 4.78 is 36.2. The van der Waals surface area contributed by atoms with Gasteiger partial charge in [-0.1, -0.05) is 6.92 Å². The number of halogens is 3. The molecule has 0 spiro atoms. The fraction of sp³-hybridized carbons (Fsp3) is 1.00. The van der Waals surface area contributed by atoms with Crippen LogP contribution in [0.1, 0.15) is 13.8 Å². The highest BCUT2D eigenvalue weighted by molar-refractivity contribution is 4.89. The molecule has 1 atom stereocenters. The van der Waals surface area contributed by atoms with Crippen LogP contribution in [0.4, 0.5) is 13.2 Å². The Balaban J connectivity index is 4.33. The van der Waals surface area contributed by atoms with Crippen molar-refractivity contribution < 1.29 is 18.3 Å². The van der Waals surface area contributed by atoms with Gasteiger partial charge < -0.3 is 10.4 Å². The highest BCUT2D eigenvalue weighted by atomic mass is 19.4. The maximum Gasteiger partial charge on any atom is 0.408 e. The van der Waals surface area contributed by atoms with Gasteiger partial charge in [-0.05, 0) is 13.5 Å². The van der Waals surface area contributed by atoms with Crippen LogP contribution in [0.2, 0.25) is 0 Å². The molecule has 0 bridgehead atoms. The molecule has 5 heteroatoms. The van der Waals surface area contributed by atoms with Crippen molar-refractivity contribution in [1.29, 1.82) is 0 Å². The van der Waals surface area contributed by atoms with Crippen molar-refractivity contribution in [3.63, 3.8) is 0 Å². The Bertz CT molecular complexity index is 125. The second-order valence-corrected chi connectivity index (χ2v) is 2.52. The molecule has 0 saturated heterocycles. The van der Waals surface area contributed by atoms with E-state index < -0.39 is 18.3 Å². The lowest BCUT2D eigenvalue weighted by Gasteiger charge is -2.30. The van der Waals surface area contributed by atoms with Crippen molar-refractivity contribution in [2.75, 3.05) is 13.2 Å². The number of hydrogen-bond donors (Lipinski definition) is 2. The standard InChI is InChI=1S/C6H12F3NO/c1-3-10-5(2,4-11)6(7,8)9/h10-11H,3-4H2,1-2H3. The molecule has 0 aliphatic heterocycles. The Morgan fingerprint density at radius 1 is 1.36 bits per heavy atom. The van der Waals surface area contributed by atoms with Crippen LogP contribution in [-0.4, -0.2) is 30.0 Å². The maximum atomic E-state index is 12.1. The van der Waals surface area contributed by atoms with Crippen LogP contribution in [0, 0.1) is 0 Å². The predicted octanol–water partition coefficient (Wildman–Crippen LogP) is 0.909. The van der Waals surface area contributed by atoms with E-state index in [4.69, 9.17) is 5.11 Å². The number of rotatable bonds is 3. The van der Waals surface area contributed by atoms with Crippen LogP contribution in [0.5, 0.6) is 0 Å². The van der Waals surface area contributed by atoms with Gasteiger partial charge in [0, 0.05) is 0 Å². The highest BCUT2D eigenvalue weighted by Crippen LogP contribution is 2.29. The summed E-state index contributed by atoms with van der Waals surface area (Å²) in [7, 11) is 0. The average molecular weight is 171 g/mol. The summed E-state index contributed by atoms with van der Waals surface area (Å²) in [5.41, 5.74) is -2.16. The third kappa shape index (κ3) is 2.34. The molecule has 0 radical (unpaired) electrons. The zero-order chi connectivity index (χ0) is 9.12. The molecule has 0 aromatic rings. The topological polar surface area (TPSA) is 32.3 Å². The van der Waals surface area contributed by atoms with Gasteiger partial charge in [0.05, 0.1) is 6.61 Å². The van der Waals surface area contributed by atoms with Gasteiger partial charge in [0.1, 0.15) is 5.54 Å². The maximum absolute atomic E-state index is 12.1. The molecular weight excluding hydrogens is 159 g/mol. The highest BCUT2D eigenvalue weighted by Gasteiger charge is 2.50. The average Bonchev–Trinajstić information content (AvgIpc) is 1.86. The zero-order valence-corrected chi connectivity index (χ0v) is 6.50. The van der Waals surface area contributed by atoms with E-state index in [1.807, 2.05) is 0 Å². The molecule has 68 valence electrons. The first-order valence-electron chi connectivity index (χ1n) is 3.30. The van der Waals surface area contributed by atoms with E-state index >= 15 is 0 Å². The van der Waals surface area contributed by atoms with Crippen molar-refractivity contribution in [2.45, 2.75) is 25.6 Å². The molecule has 0 aliphatic rings. The van der Waals surface area contributed by atoms with Crippen LogP contribution in [0.25, 0.3) is 0 Å². The van der Waals surface area contributed by atoms with Gasteiger partial charge in [-0.15, -0.1) is 0 Å². The lowest BCUT2D eigenvalue weighted by molar-refractivity contribution is -0.200. The van der Waals surface area contributed by atoms with Gasteiger partial charge in [0.15, 0.2) is 0 Å². The van der Waals surface area contributed by atoms with E-state index in [0.717, 1.165) is 6.92 Å². The van der Waals surface area contributed by atoms with E-state index in [2.05, 4.69) is 5.32 Å². The molecule has 2 N–H and O–H groups in total. The van der Waals surface area contributed by atoms with E-state index in [9.17, 15) is 13.2 Å². The molecule has 0 aromatic heterocycles. The van der Waals surface area contributed by atoms with Crippen LogP contribution in [-0.2, 0) is 0 Å². The third-order valence-corrected chi connectivity index (χ3v) is 1.51.